The second kappa shape index (κ2) is 8.38. The number of aryl methyl sites for hydroxylation is 1. The minimum atomic E-state index is -0.701. The Balaban J connectivity index is 1.96. The molecule has 0 unspecified atom stereocenters. The number of nitrogens with one attached hydrogen (secondary N) is 2. The molecule has 140 valence electrons. The zero-order valence-corrected chi connectivity index (χ0v) is 16.0. The average Bonchev–Trinajstić information content (AvgIpc) is 2.87. The van der Waals surface area contributed by atoms with E-state index in [9.17, 15) is 14.7 Å². The predicted octanol–water partition coefficient (Wildman–Crippen LogP) is 3.37. The topological polar surface area (TPSA) is 91.4 Å². The fraction of sp³-hybridized carbons (Fsp3) is 0.368. The highest BCUT2D eigenvalue weighted by atomic mass is 35.5. The van der Waals surface area contributed by atoms with Crippen molar-refractivity contribution in [1.82, 2.24) is 10.3 Å². The number of halogens is 1. The van der Waals surface area contributed by atoms with Gasteiger partial charge in [0.15, 0.2) is 6.61 Å². The van der Waals surface area contributed by atoms with Crippen LogP contribution in [0.5, 0.6) is 0 Å². The van der Waals surface area contributed by atoms with Crippen LogP contribution in [0.4, 0.5) is 0 Å². The Bertz CT molecular complexity index is 814. The maximum absolute atomic E-state index is 12.2. The summed E-state index contributed by atoms with van der Waals surface area (Å²) in [6, 6.07) is 6.90. The average molecular weight is 379 g/mol. The molecule has 6 nitrogen and oxygen atoms in total. The largest absolute Gasteiger partial charge is 0.451 e. The van der Waals surface area contributed by atoms with Crippen LogP contribution in [0.25, 0.3) is 0 Å². The highest BCUT2D eigenvalue weighted by molar-refractivity contribution is 6.31. The van der Waals surface area contributed by atoms with Gasteiger partial charge in [-0.05, 0) is 44.9 Å². The van der Waals surface area contributed by atoms with Gasteiger partial charge >= 0.3 is 5.97 Å². The molecule has 2 atom stereocenters. The zero-order valence-electron chi connectivity index (χ0n) is 15.2. The SMILES string of the molecule is Cc1[nH]c(C(=O)OCC(=O)N[C@@H](C)c2ccccc2Cl)c(C)c1[C@H](C)O. The van der Waals surface area contributed by atoms with E-state index >= 15 is 0 Å². The van der Waals surface area contributed by atoms with Crippen molar-refractivity contribution in [3.63, 3.8) is 0 Å². The van der Waals surface area contributed by atoms with E-state index in [1.807, 2.05) is 18.2 Å². The second-order valence-electron chi connectivity index (χ2n) is 6.23. The molecule has 3 N–H and O–H groups in total. The van der Waals surface area contributed by atoms with Gasteiger partial charge in [-0.3, -0.25) is 4.79 Å². The second-order valence-corrected chi connectivity index (χ2v) is 6.63. The lowest BCUT2D eigenvalue weighted by Crippen LogP contribution is -2.31. The number of benzene rings is 1. The molecule has 1 aromatic heterocycles. The van der Waals surface area contributed by atoms with Crippen LogP contribution in [0.1, 0.15) is 58.9 Å². The molecule has 0 bridgehead atoms. The van der Waals surface area contributed by atoms with Gasteiger partial charge in [0, 0.05) is 16.3 Å². The van der Waals surface area contributed by atoms with E-state index in [0.29, 0.717) is 21.8 Å². The van der Waals surface area contributed by atoms with Gasteiger partial charge < -0.3 is 20.1 Å². The van der Waals surface area contributed by atoms with Gasteiger partial charge in [0.25, 0.3) is 5.91 Å². The van der Waals surface area contributed by atoms with E-state index in [0.717, 1.165) is 5.56 Å². The van der Waals surface area contributed by atoms with E-state index in [1.165, 1.54) is 0 Å². The molecule has 0 aliphatic rings. The maximum atomic E-state index is 12.2. The zero-order chi connectivity index (χ0) is 19.4. The summed E-state index contributed by atoms with van der Waals surface area (Å²) >= 11 is 6.11. The fourth-order valence-electron chi connectivity index (χ4n) is 2.99. The number of amides is 1. The van der Waals surface area contributed by atoms with Crippen molar-refractivity contribution < 1.29 is 19.4 Å². The van der Waals surface area contributed by atoms with E-state index in [4.69, 9.17) is 16.3 Å². The minimum Gasteiger partial charge on any atom is -0.451 e. The Labute approximate surface area is 157 Å². The Kier molecular flexibility index (Phi) is 6.45. The van der Waals surface area contributed by atoms with E-state index in [2.05, 4.69) is 10.3 Å². The number of aromatic amines is 1. The normalized spacial score (nSPS) is 13.2. The number of aliphatic hydroxyl groups excluding tert-OH is 1. The lowest BCUT2D eigenvalue weighted by molar-refractivity contribution is -0.124. The highest BCUT2D eigenvalue weighted by Gasteiger charge is 2.22. The molecular weight excluding hydrogens is 356 g/mol. The van der Waals surface area contributed by atoms with Crippen molar-refractivity contribution in [3.8, 4) is 0 Å². The Morgan fingerprint density at radius 2 is 1.92 bits per heavy atom. The summed E-state index contributed by atoms with van der Waals surface area (Å²) in [4.78, 5) is 27.2. The number of aromatic nitrogens is 1. The number of aliphatic hydroxyl groups is 1. The molecule has 26 heavy (non-hydrogen) atoms. The van der Waals surface area contributed by atoms with E-state index in [1.54, 1.807) is 33.8 Å². The number of hydrogen-bond acceptors (Lipinski definition) is 4. The van der Waals surface area contributed by atoms with Crippen molar-refractivity contribution in [2.24, 2.45) is 0 Å². The molecule has 1 aromatic carbocycles. The summed E-state index contributed by atoms with van der Waals surface area (Å²) in [5.41, 5.74) is 3.00. The molecule has 0 radical (unpaired) electrons. The molecule has 1 heterocycles. The van der Waals surface area contributed by atoms with Crippen LogP contribution in [-0.2, 0) is 9.53 Å². The van der Waals surface area contributed by atoms with Gasteiger partial charge in [-0.2, -0.15) is 0 Å². The number of ether oxygens (including phenoxy) is 1. The fourth-order valence-corrected chi connectivity index (χ4v) is 3.29. The first-order valence-electron chi connectivity index (χ1n) is 8.30. The Morgan fingerprint density at radius 3 is 2.50 bits per heavy atom. The molecular formula is C19H23ClN2O4. The summed E-state index contributed by atoms with van der Waals surface area (Å²) in [6.07, 6.45) is -0.701. The Morgan fingerprint density at radius 1 is 1.27 bits per heavy atom. The number of hydrogen-bond donors (Lipinski definition) is 3. The standard InChI is InChI=1S/C19H23ClN2O4/c1-10-17(13(4)23)12(3)22-18(10)19(25)26-9-16(24)21-11(2)14-7-5-6-8-15(14)20/h5-8,11,13,22-23H,9H2,1-4H3,(H,21,24)/t11-,13-/m0/s1. The van der Waals surface area contributed by atoms with Crippen molar-refractivity contribution >= 4 is 23.5 Å². The molecule has 2 aromatic rings. The number of rotatable bonds is 6. The quantitative estimate of drug-likeness (QED) is 0.672. The van der Waals surface area contributed by atoms with Crippen LogP contribution in [0.3, 0.4) is 0 Å². The number of carbonyl (C=O) groups excluding carboxylic acids is 2. The third-order valence-electron chi connectivity index (χ3n) is 4.20. The molecule has 0 saturated heterocycles. The predicted molar refractivity (Wildman–Crippen MR) is 99.2 cm³/mol. The smallest absolute Gasteiger partial charge is 0.355 e. The van der Waals surface area contributed by atoms with Crippen LogP contribution in [-0.4, -0.2) is 28.6 Å². The van der Waals surface area contributed by atoms with Crippen LogP contribution in [0.2, 0.25) is 5.02 Å². The molecule has 2 rings (SSSR count). The van der Waals surface area contributed by atoms with Gasteiger partial charge in [0.2, 0.25) is 0 Å². The van der Waals surface area contributed by atoms with Crippen molar-refractivity contribution in [3.05, 3.63) is 57.4 Å². The van der Waals surface area contributed by atoms with Crippen LogP contribution in [0, 0.1) is 13.8 Å². The number of H-pyrrole nitrogens is 1. The lowest BCUT2D eigenvalue weighted by atomic mass is 10.1. The first-order chi connectivity index (χ1) is 12.2. The Hall–Kier alpha value is -2.31. The summed E-state index contributed by atoms with van der Waals surface area (Å²) in [5.74, 6) is -1.07. The van der Waals surface area contributed by atoms with Gasteiger partial charge in [-0.25, -0.2) is 4.79 Å². The first-order valence-corrected chi connectivity index (χ1v) is 8.68. The summed E-state index contributed by atoms with van der Waals surface area (Å²) in [5, 5.41) is 13.1. The van der Waals surface area contributed by atoms with E-state index in [-0.39, 0.29) is 11.7 Å². The molecule has 0 aliphatic carbocycles. The molecule has 0 fully saturated rings. The third-order valence-corrected chi connectivity index (χ3v) is 4.55. The monoisotopic (exact) mass is 378 g/mol. The van der Waals surface area contributed by atoms with Crippen molar-refractivity contribution in [2.75, 3.05) is 6.61 Å². The minimum absolute atomic E-state index is 0.241. The van der Waals surface area contributed by atoms with E-state index < -0.39 is 24.6 Å². The maximum Gasteiger partial charge on any atom is 0.355 e. The van der Waals surface area contributed by atoms with Gasteiger partial charge in [-0.15, -0.1) is 0 Å². The van der Waals surface area contributed by atoms with Gasteiger partial charge in [0.05, 0.1) is 12.1 Å². The van der Waals surface area contributed by atoms with Crippen LogP contribution >= 0.6 is 11.6 Å². The number of esters is 1. The summed E-state index contributed by atoms with van der Waals surface area (Å²) < 4.78 is 5.09. The molecule has 0 saturated carbocycles. The molecule has 7 heteroatoms. The first kappa shape index (κ1) is 20.0. The highest BCUT2D eigenvalue weighted by Crippen LogP contribution is 2.25. The molecule has 1 amide bonds. The van der Waals surface area contributed by atoms with Crippen LogP contribution in [0.15, 0.2) is 24.3 Å². The summed E-state index contributed by atoms with van der Waals surface area (Å²) in [7, 11) is 0. The summed E-state index contributed by atoms with van der Waals surface area (Å²) in [6.45, 7) is 6.51. The van der Waals surface area contributed by atoms with Gasteiger partial charge in [-0.1, -0.05) is 29.8 Å². The van der Waals surface area contributed by atoms with Gasteiger partial charge in [0.1, 0.15) is 5.69 Å². The van der Waals surface area contributed by atoms with Crippen LogP contribution < -0.4 is 5.32 Å². The van der Waals surface area contributed by atoms with Crippen molar-refractivity contribution in [1.29, 1.82) is 0 Å². The van der Waals surface area contributed by atoms with Crippen molar-refractivity contribution in [2.45, 2.75) is 39.8 Å². The third kappa shape index (κ3) is 4.45. The lowest BCUT2D eigenvalue weighted by Gasteiger charge is -2.15. The molecule has 0 spiro atoms. The molecule has 0 aliphatic heterocycles. The number of carbonyl (C=O) groups is 2.